The first-order chi connectivity index (χ1) is 6.70. The van der Waals surface area contributed by atoms with Crippen molar-refractivity contribution in [3.8, 4) is 5.75 Å². The van der Waals surface area contributed by atoms with Gasteiger partial charge in [-0.25, -0.2) is 4.39 Å². The first kappa shape index (κ1) is 10.9. The van der Waals surface area contributed by atoms with Gasteiger partial charge in [0.1, 0.15) is 11.6 Å². The maximum Gasteiger partial charge on any atom is 0.131 e. The Balaban J connectivity index is 3.03. The van der Waals surface area contributed by atoms with Crippen LogP contribution < -0.4 is 16.2 Å². The number of rotatable bonds is 4. The van der Waals surface area contributed by atoms with E-state index in [4.69, 9.17) is 16.2 Å². The smallest absolute Gasteiger partial charge is 0.131 e. The van der Waals surface area contributed by atoms with Gasteiger partial charge < -0.3 is 16.2 Å². The van der Waals surface area contributed by atoms with Crippen LogP contribution in [-0.4, -0.2) is 13.7 Å². The van der Waals surface area contributed by atoms with Crippen LogP contribution in [-0.2, 0) is 0 Å². The molecule has 1 rings (SSSR count). The summed E-state index contributed by atoms with van der Waals surface area (Å²) in [6.45, 7) is 0.429. The van der Waals surface area contributed by atoms with Crippen molar-refractivity contribution in [3.63, 3.8) is 0 Å². The summed E-state index contributed by atoms with van der Waals surface area (Å²) >= 11 is 0. The van der Waals surface area contributed by atoms with Crippen molar-refractivity contribution >= 4 is 0 Å². The van der Waals surface area contributed by atoms with Gasteiger partial charge in [0.25, 0.3) is 0 Å². The van der Waals surface area contributed by atoms with Crippen molar-refractivity contribution in [2.24, 2.45) is 11.5 Å². The summed E-state index contributed by atoms with van der Waals surface area (Å²) in [5.74, 6) is 0.135. The molecular formula is C10H15FN2O. The number of ether oxygens (including phenoxy) is 1. The maximum atomic E-state index is 13.4. The van der Waals surface area contributed by atoms with E-state index in [1.54, 1.807) is 12.1 Å². The van der Waals surface area contributed by atoms with Crippen LogP contribution >= 0.6 is 0 Å². The van der Waals surface area contributed by atoms with Gasteiger partial charge in [0.15, 0.2) is 0 Å². The Morgan fingerprint density at radius 1 is 1.50 bits per heavy atom. The molecule has 0 aromatic heterocycles. The normalized spacial score (nSPS) is 12.6. The molecule has 14 heavy (non-hydrogen) atoms. The predicted molar refractivity (Wildman–Crippen MR) is 53.6 cm³/mol. The third-order valence-corrected chi connectivity index (χ3v) is 2.08. The van der Waals surface area contributed by atoms with Crippen LogP contribution in [0.15, 0.2) is 18.2 Å². The van der Waals surface area contributed by atoms with Gasteiger partial charge in [0, 0.05) is 11.6 Å². The molecule has 0 radical (unpaired) electrons. The third-order valence-electron chi connectivity index (χ3n) is 2.08. The third kappa shape index (κ3) is 2.21. The molecule has 1 aromatic rings. The van der Waals surface area contributed by atoms with E-state index in [1.807, 2.05) is 0 Å². The van der Waals surface area contributed by atoms with E-state index >= 15 is 0 Å². The largest absolute Gasteiger partial charge is 0.496 e. The number of hydrogen-bond donors (Lipinski definition) is 2. The Morgan fingerprint density at radius 3 is 2.79 bits per heavy atom. The van der Waals surface area contributed by atoms with Gasteiger partial charge in [0.2, 0.25) is 0 Å². The number of nitrogens with two attached hydrogens (primary N) is 2. The molecule has 0 aliphatic rings. The molecule has 1 atom stereocenters. The summed E-state index contributed by atoms with van der Waals surface area (Å²) in [5.41, 5.74) is 11.6. The Labute approximate surface area is 82.9 Å². The molecule has 0 spiro atoms. The minimum absolute atomic E-state index is 0.342. The van der Waals surface area contributed by atoms with Gasteiger partial charge in [-0.15, -0.1) is 0 Å². The molecule has 0 aliphatic heterocycles. The van der Waals surface area contributed by atoms with Crippen molar-refractivity contribution in [2.45, 2.75) is 12.5 Å². The molecule has 4 N–H and O–H groups in total. The monoisotopic (exact) mass is 198 g/mol. The fourth-order valence-electron chi connectivity index (χ4n) is 1.38. The highest BCUT2D eigenvalue weighted by Gasteiger charge is 2.15. The molecule has 0 saturated carbocycles. The van der Waals surface area contributed by atoms with Crippen LogP contribution in [0.2, 0.25) is 0 Å². The van der Waals surface area contributed by atoms with Crippen molar-refractivity contribution in [3.05, 3.63) is 29.6 Å². The molecule has 0 bridgehead atoms. The van der Waals surface area contributed by atoms with Gasteiger partial charge in [-0.3, -0.25) is 0 Å². The lowest BCUT2D eigenvalue weighted by Crippen LogP contribution is -2.17. The molecule has 4 heteroatoms. The number of methoxy groups -OCH3 is 1. The second-order valence-electron chi connectivity index (χ2n) is 3.04. The summed E-state index contributed by atoms with van der Waals surface area (Å²) in [7, 11) is 1.49. The summed E-state index contributed by atoms with van der Waals surface area (Å²) in [6.07, 6.45) is 0.539. The van der Waals surface area contributed by atoms with Crippen LogP contribution in [0.4, 0.5) is 4.39 Å². The quantitative estimate of drug-likeness (QED) is 0.763. The fourth-order valence-corrected chi connectivity index (χ4v) is 1.38. The lowest BCUT2D eigenvalue weighted by Gasteiger charge is -2.15. The second kappa shape index (κ2) is 4.93. The molecular weight excluding hydrogens is 183 g/mol. The van der Waals surface area contributed by atoms with E-state index in [0.717, 1.165) is 0 Å². The summed E-state index contributed by atoms with van der Waals surface area (Å²) < 4.78 is 18.4. The van der Waals surface area contributed by atoms with Crippen LogP contribution in [0.1, 0.15) is 18.0 Å². The van der Waals surface area contributed by atoms with Gasteiger partial charge in [0.05, 0.1) is 7.11 Å². The molecule has 0 heterocycles. The van der Waals surface area contributed by atoms with Gasteiger partial charge >= 0.3 is 0 Å². The van der Waals surface area contributed by atoms with Crippen LogP contribution in [0, 0.1) is 5.82 Å². The second-order valence-corrected chi connectivity index (χ2v) is 3.04. The Hall–Kier alpha value is -1.13. The molecule has 0 amide bonds. The van der Waals surface area contributed by atoms with Crippen LogP contribution in [0.5, 0.6) is 5.75 Å². The van der Waals surface area contributed by atoms with E-state index in [0.29, 0.717) is 24.3 Å². The van der Waals surface area contributed by atoms with E-state index in [9.17, 15) is 4.39 Å². The lowest BCUT2D eigenvalue weighted by atomic mass is 10.0. The molecule has 3 nitrogen and oxygen atoms in total. The number of halogens is 1. The first-order valence-corrected chi connectivity index (χ1v) is 4.48. The van der Waals surface area contributed by atoms with Crippen LogP contribution in [0.25, 0.3) is 0 Å². The predicted octanol–water partition coefficient (Wildman–Crippen LogP) is 1.18. The van der Waals surface area contributed by atoms with E-state index in [-0.39, 0.29) is 5.82 Å². The summed E-state index contributed by atoms with van der Waals surface area (Å²) in [4.78, 5) is 0. The maximum absolute atomic E-state index is 13.4. The topological polar surface area (TPSA) is 61.3 Å². The average Bonchev–Trinajstić information content (AvgIpc) is 2.17. The molecule has 0 aliphatic carbocycles. The zero-order chi connectivity index (χ0) is 10.6. The number of hydrogen-bond acceptors (Lipinski definition) is 3. The fraction of sp³-hybridized carbons (Fsp3) is 0.400. The highest BCUT2D eigenvalue weighted by atomic mass is 19.1. The first-order valence-electron chi connectivity index (χ1n) is 4.48. The minimum Gasteiger partial charge on any atom is -0.496 e. The highest BCUT2D eigenvalue weighted by molar-refractivity contribution is 5.36. The van der Waals surface area contributed by atoms with E-state index < -0.39 is 6.04 Å². The zero-order valence-corrected chi connectivity index (χ0v) is 8.16. The molecule has 78 valence electrons. The highest BCUT2D eigenvalue weighted by Crippen LogP contribution is 2.27. The SMILES string of the molecule is COc1cccc(F)c1[C@H](N)CCN. The minimum atomic E-state index is -0.406. The van der Waals surface area contributed by atoms with Crippen molar-refractivity contribution < 1.29 is 9.13 Å². The van der Waals surface area contributed by atoms with Crippen molar-refractivity contribution in [1.82, 2.24) is 0 Å². The average molecular weight is 198 g/mol. The molecule has 0 saturated heterocycles. The van der Waals surface area contributed by atoms with E-state index in [2.05, 4.69) is 0 Å². The Morgan fingerprint density at radius 2 is 2.21 bits per heavy atom. The Kier molecular flexibility index (Phi) is 3.85. The Bertz CT molecular complexity index is 304. The molecule has 0 fully saturated rings. The van der Waals surface area contributed by atoms with Gasteiger partial charge in [-0.05, 0) is 25.1 Å². The summed E-state index contributed by atoms with van der Waals surface area (Å²) in [6, 6.07) is 4.24. The summed E-state index contributed by atoms with van der Waals surface area (Å²) in [5, 5.41) is 0. The molecule has 1 aromatic carbocycles. The van der Waals surface area contributed by atoms with Crippen molar-refractivity contribution in [2.75, 3.05) is 13.7 Å². The van der Waals surface area contributed by atoms with Gasteiger partial charge in [-0.2, -0.15) is 0 Å². The lowest BCUT2D eigenvalue weighted by molar-refractivity contribution is 0.397. The van der Waals surface area contributed by atoms with Gasteiger partial charge in [-0.1, -0.05) is 6.07 Å². The number of benzene rings is 1. The van der Waals surface area contributed by atoms with Crippen LogP contribution in [0.3, 0.4) is 0 Å². The van der Waals surface area contributed by atoms with E-state index in [1.165, 1.54) is 13.2 Å². The standard InChI is InChI=1S/C10H15FN2O/c1-14-9-4-2-3-7(11)10(9)8(13)5-6-12/h2-4,8H,5-6,12-13H2,1H3/t8-/m1/s1. The molecule has 0 unspecified atom stereocenters. The zero-order valence-electron chi connectivity index (χ0n) is 8.16. The van der Waals surface area contributed by atoms with Crippen molar-refractivity contribution in [1.29, 1.82) is 0 Å².